The minimum Gasteiger partial charge on any atom is -0.444 e. The van der Waals surface area contributed by atoms with Crippen molar-refractivity contribution in [2.75, 3.05) is 37.6 Å². The molecule has 144 valence electrons. The van der Waals surface area contributed by atoms with Crippen molar-refractivity contribution in [2.45, 2.75) is 39.2 Å². The van der Waals surface area contributed by atoms with E-state index in [1.807, 2.05) is 49.9 Å². The summed E-state index contributed by atoms with van der Waals surface area (Å²) < 4.78 is 5.16. The molecule has 1 aromatic carbocycles. The van der Waals surface area contributed by atoms with E-state index in [1.165, 1.54) is 0 Å². The van der Waals surface area contributed by atoms with Crippen LogP contribution in [0, 0.1) is 0 Å². The van der Waals surface area contributed by atoms with Crippen molar-refractivity contribution in [1.82, 2.24) is 10.2 Å². The summed E-state index contributed by atoms with van der Waals surface area (Å²) >= 11 is 6.24. The van der Waals surface area contributed by atoms with E-state index in [4.69, 9.17) is 16.3 Å². The number of carbonyl (C=O) groups excluding carboxylic acids is 2. The monoisotopic (exact) mass is 381 g/mol. The molecule has 1 heterocycles. The van der Waals surface area contributed by atoms with E-state index in [1.54, 1.807) is 0 Å². The first-order chi connectivity index (χ1) is 12.3. The van der Waals surface area contributed by atoms with Gasteiger partial charge in [0.15, 0.2) is 0 Å². The van der Waals surface area contributed by atoms with Crippen molar-refractivity contribution in [3.63, 3.8) is 0 Å². The van der Waals surface area contributed by atoms with Crippen LogP contribution in [0.15, 0.2) is 24.3 Å². The van der Waals surface area contributed by atoms with E-state index in [2.05, 4.69) is 10.2 Å². The fraction of sp³-hybridized carbons (Fsp3) is 0.579. The van der Waals surface area contributed by atoms with Crippen LogP contribution in [-0.4, -0.2) is 55.2 Å². The lowest BCUT2D eigenvalue weighted by molar-refractivity contribution is -0.131. The van der Waals surface area contributed by atoms with Crippen LogP contribution >= 0.6 is 11.6 Å². The number of hydrogen-bond acceptors (Lipinski definition) is 4. The van der Waals surface area contributed by atoms with Gasteiger partial charge in [-0.25, -0.2) is 4.79 Å². The number of para-hydroxylation sites is 1. The van der Waals surface area contributed by atoms with E-state index in [-0.39, 0.29) is 5.91 Å². The highest BCUT2D eigenvalue weighted by molar-refractivity contribution is 6.33. The summed E-state index contributed by atoms with van der Waals surface area (Å²) in [7, 11) is 0. The molecule has 0 aromatic heterocycles. The standard InChI is InChI=1S/C19H28ClN3O3/c1-19(2,3)26-18(25)21-10-6-9-17(24)23-13-11-22(12-14-23)16-8-5-4-7-15(16)20/h4-5,7-8H,6,9-14H2,1-3H3,(H,21,25). The Kier molecular flexibility index (Phi) is 7.14. The van der Waals surface area contributed by atoms with Crippen molar-refractivity contribution in [3.8, 4) is 0 Å². The zero-order valence-electron chi connectivity index (χ0n) is 15.8. The third-order valence-corrected chi connectivity index (χ3v) is 4.38. The highest BCUT2D eigenvalue weighted by Crippen LogP contribution is 2.26. The van der Waals surface area contributed by atoms with E-state index < -0.39 is 11.7 Å². The van der Waals surface area contributed by atoms with Crippen molar-refractivity contribution < 1.29 is 14.3 Å². The fourth-order valence-electron chi connectivity index (χ4n) is 2.81. The lowest BCUT2D eigenvalue weighted by Gasteiger charge is -2.36. The van der Waals surface area contributed by atoms with Gasteiger partial charge >= 0.3 is 6.09 Å². The highest BCUT2D eigenvalue weighted by atomic mass is 35.5. The summed E-state index contributed by atoms with van der Waals surface area (Å²) in [5.41, 5.74) is 0.504. The lowest BCUT2D eigenvalue weighted by atomic mass is 10.2. The summed E-state index contributed by atoms with van der Waals surface area (Å²) in [6, 6.07) is 7.77. The number of nitrogens with zero attached hydrogens (tertiary/aromatic N) is 2. The van der Waals surface area contributed by atoms with Gasteiger partial charge in [0.25, 0.3) is 0 Å². The number of benzene rings is 1. The second-order valence-electron chi connectivity index (χ2n) is 7.35. The molecule has 1 N–H and O–H groups in total. The number of rotatable bonds is 5. The van der Waals surface area contributed by atoms with E-state index in [9.17, 15) is 9.59 Å². The zero-order chi connectivity index (χ0) is 19.2. The van der Waals surface area contributed by atoms with Crippen molar-refractivity contribution in [3.05, 3.63) is 29.3 Å². The number of alkyl carbamates (subject to hydrolysis) is 1. The van der Waals surface area contributed by atoms with Crippen LogP contribution in [0.3, 0.4) is 0 Å². The van der Waals surface area contributed by atoms with Crippen LogP contribution < -0.4 is 10.2 Å². The second-order valence-corrected chi connectivity index (χ2v) is 7.76. The first kappa shape index (κ1) is 20.4. The maximum atomic E-state index is 12.3. The molecule has 0 spiro atoms. The summed E-state index contributed by atoms with van der Waals surface area (Å²) in [4.78, 5) is 28.0. The normalized spacial score (nSPS) is 14.9. The second kappa shape index (κ2) is 9.12. The maximum absolute atomic E-state index is 12.3. The molecule has 1 aliphatic rings. The topological polar surface area (TPSA) is 61.9 Å². The van der Waals surface area contributed by atoms with Gasteiger partial charge in [0, 0.05) is 39.1 Å². The number of anilines is 1. The number of piperazine rings is 1. The molecule has 0 bridgehead atoms. The molecule has 1 saturated heterocycles. The van der Waals surface area contributed by atoms with E-state index in [0.29, 0.717) is 32.5 Å². The smallest absolute Gasteiger partial charge is 0.407 e. The lowest BCUT2D eigenvalue weighted by Crippen LogP contribution is -2.49. The van der Waals surface area contributed by atoms with Gasteiger partial charge in [-0.2, -0.15) is 0 Å². The fourth-order valence-corrected chi connectivity index (χ4v) is 3.06. The Labute approximate surface area is 160 Å². The number of nitrogens with one attached hydrogen (secondary N) is 1. The Balaban J connectivity index is 1.67. The first-order valence-electron chi connectivity index (χ1n) is 9.00. The zero-order valence-corrected chi connectivity index (χ0v) is 16.5. The van der Waals surface area contributed by atoms with Gasteiger partial charge in [0.05, 0.1) is 10.7 Å². The molecule has 0 atom stereocenters. The van der Waals surface area contributed by atoms with Crippen molar-refractivity contribution in [1.29, 1.82) is 0 Å². The van der Waals surface area contributed by atoms with E-state index in [0.717, 1.165) is 23.8 Å². The van der Waals surface area contributed by atoms with Crippen molar-refractivity contribution in [2.24, 2.45) is 0 Å². The third-order valence-electron chi connectivity index (χ3n) is 4.06. The molecule has 0 saturated carbocycles. The predicted octanol–water partition coefficient (Wildman–Crippen LogP) is 3.29. The maximum Gasteiger partial charge on any atom is 0.407 e. The summed E-state index contributed by atoms with van der Waals surface area (Å²) in [5, 5.41) is 3.41. The molecular weight excluding hydrogens is 354 g/mol. The molecule has 0 unspecified atom stereocenters. The predicted molar refractivity (Wildman–Crippen MR) is 104 cm³/mol. The summed E-state index contributed by atoms with van der Waals surface area (Å²) in [6.07, 6.45) is 0.573. The molecule has 7 heteroatoms. The summed E-state index contributed by atoms with van der Waals surface area (Å²) in [6.45, 7) is 8.79. The van der Waals surface area contributed by atoms with Crippen LogP contribution in [0.25, 0.3) is 0 Å². The average Bonchev–Trinajstić information content (AvgIpc) is 2.57. The Morgan fingerprint density at radius 1 is 1.15 bits per heavy atom. The van der Waals surface area contributed by atoms with Gasteiger partial charge < -0.3 is 19.9 Å². The molecule has 1 fully saturated rings. The molecule has 6 nitrogen and oxygen atoms in total. The Hall–Kier alpha value is -1.95. The first-order valence-corrected chi connectivity index (χ1v) is 9.38. The Morgan fingerprint density at radius 3 is 2.42 bits per heavy atom. The van der Waals surface area contributed by atoms with Crippen LogP contribution in [0.5, 0.6) is 0 Å². The van der Waals surface area contributed by atoms with Gasteiger partial charge in [-0.15, -0.1) is 0 Å². The van der Waals surface area contributed by atoms with Crippen LogP contribution in [0.2, 0.25) is 5.02 Å². The van der Waals surface area contributed by atoms with Gasteiger partial charge in [0.2, 0.25) is 5.91 Å². The van der Waals surface area contributed by atoms with Crippen LogP contribution in [0.1, 0.15) is 33.6 Å². The third kappa shape index (κ3) is 6.41. The van der Waals surface area contributed by atoms with Gasteiger partial charge in [0.1, 0.15) is 5.60 Å². The highest BCUT2D eigenvalue weighted by Gasteiger charge is 2.22. The molecule has 2 rings (SSSR count). The van der Waals surface area contributed by atoms with Gasteiger partial charge in [-0.05, 0) is 39.3 Å². The molecule has 0 radical (unpaired) electrons. The van der Waals surface area contributed by atoms with E-state index >= 15 is 0 Å². The molecule has 0 aliphatic carbocycles. The number of carbonyl (C=O) groups is 2. The number of ether oxygens (including phenoxy) is 1. The van der Waals surface area contributed by atoms with Gasteiger partial charge in [-0.3, -0.25) is 4.79 Å². The number of hydrogen-bond donors (Lipinski definition) is 1. The summed E-state index contributed by atoms with van der Waals surface area (Å²) in [5.74, 6) is 0.120. The minimum absolute atomic E-state index is 0.120. The van der Waals surface area contributed by atoms with Crippen LogP contribution in [0.4, 0.5) is 10.5 Å². The molecule has 1 aromatic rings. The largest absolute Gasteiger partial charge is 0.444 e. The Bertz CT molecular complexity index is 623. The van der Waals surface area contributed by atoms with Crippen molar-refractivity contribution >= 4 is 29.3 Å². The molecule has 2 amide bonds. The molecule has 1 aliphatic heterocycles. The van der Waals surface area contributed by atoms with Crippen LogP contribution in [-0.2, 0) is 9.53 Å². The Morgan fingerprint density at radius 2 is 1.81 bits per heavy atom. The van der Waals surface area contributed by atoms with Gasteiger partial charge in [-0.1, -0.05) is 23.7 Å². The number of amides is 2. The SMILES string of the molecule is CC(C)(C)OC(=O)NCCCC(=O)N1CCN(c2ccccc2Cl)CC1. The minimum atomic E-state index is -0.513. The quantitative estimate of drug-likeness (QED) is 0.795. The number of halogens is 1. The molecular formula is C19H28ClN3O3. The average molecular weight is 382 g/mol. The molecule has 26 heavy (non-hydrogen) atoms.